The molecule has 0 saturated carbocycles. The van der Waals surface area contributed by atoms with Gasteiger partial charge in [-0.1, -0.05) is 18.2 Å². The fourth-order valence-corrected chi connectivity index (χ4v) is 1.18. The van der Waals surface area contributed by atoms with Gasteiger partial charge in [0.25, 0.3) is 0 Å². The van der Waals surface area contributed by atoms with Gasteiger partial charge in [0.1, 0.15) is 0 Å². The Balaban J connectivity index is 0.000001000. The van der Waals surface area contributed by atoms with Crippen LogP contribution in [0.4, 0.5) is 0 Å². The average Bonchev–Trinajstić information content (AvgIpc) is 1.88. The van der Waals surface area contributed by atoms with Crippen molar-refractivity contribution >= 4 is 36.8 Å². The monoisotopic (exact) mass is 282 g/mol. The second kappa shape index (κ2) is 4.26. The maximum atomic E-state index is 10.5. The molecule has 2 N–H and O–H groups in total. The van der Waals surface area contributed by atoms with Gasteiger partial charge in [0.15, 0.2) is 0 Å². The van der Waals surface area contributed by atoms with Crippen LogP contribution in [-0.2, 0) is 4.57 Å². The van der Waals surface area contributed by atoms with Gasteiger partial charge < -0.3 is 9.79 Å². The van der Waals surface area contributed by atoms with Gasteiger partial charge >= 0.3 is 31.5 Å². The summed E-state index contributed by atoms with van der Waals surface area (Å²) in [5.74, 6) is 0. The van der Waals surface area contributed by atoms with Gasteiger partial charge in [0.2, 0.25) is 0 Å². The Bertz CT molecular complexity index is 256. The summed E-state index contributed by atoms with van der Waals surface area (Å²) in [6, 6.07) is 7.70. The fourth-order valence-electron chi connectivity index (χ4n) is 0.622. The van der Waals surface area contributed by atoms with E-state index in [1.54, 1.807) is 18.2 Å². The maximum absolute atomic E-state index is 10.5. The van der Waals surface area contributed by atoms with Gasteiger partial charge in [-0.25, -0.2) is 0 Å². The van der Waals surface area contributed by atoms with Crippen LogP contribution in [-0.4, -0.2) is 33.7 Å². The van der Waals surface area contributed by atoms with E-state index in [1.807, 2.05) is 0 Å². The molecular weight excluding hydrogens is 270 g/mol. The van der Waals surface area contributed by atoms with Gasteiger partial charge in [-0.2, -0.15) is 0 Å². The second-order valence-corrected chi connectivity index (χ2v) is 3.48. The van der Waals surface area contributed by atoms with Crippen molar-refractivity contribution in [3.05, 3.63) is 30.3 Å². The third kappa shape index (κ3) is 3.38. The molecule has 0 aliphatic heterocycles. The first kappa shape index (κ1) is 11.2. The van der Waals surface area contributed by atoms with Gasteiger partial charge in [0, 0.05) is 0 Å². The third-order valence-corrected chi connectivity index (χ3v) is 2.06. The average molecular weight is 281 g/mol. The summed E-state index contributed by atoms with van der Waals surface area (Å²) < 4.78 is 10.5. The van der Waals surface area contributed by atoms with Crippen LogP contribution in [0.5, 0.6) is 0 Å². The standard InChI is InChI=1S/C6H7O3P.Sn.4H/c7-10(8,9)6-4-2-1-3-5-6;;;;;/h1-5H,(H2,7,8,9);;;;;. The molecule has 0 unspecified atom stereocenters. The number of hydrogen-bond donors (Lipinski definition) is 2. The molecule has 1 aromatic rings. The van der Waals surface area contributed by atoms with Crippen LogP contribution in [0.3, 0.4) is 0 Å². The summed E-state index contributed by atoms with van der Waals surface area (Å²) in [5, 5.41) is 0.0648. The van der Waals surface area contributed by atoms with Gasteiger partial charge in [-0.3, -0.25) is 4.57 Å². The van der Waals surface area contributed by atoms with Crippen molar-refractivity contribution in [2.45, 2.75) is 0 Å². The summed E-state index contributed by atoms with van der Waals surface area (Å²) in [5.41, 5.74) is 0. The van der Waals surface area contributed by atoms with Crippen molar-refractivity contribution in [1.82, 2.24) is 0 Å². The van der Waals surface area contributed by atoms with Crippen LogP contribution in [0.25, 0.3) is 0 Å². The zero-order valence-corrected chi connectivity index (χ0v) is 6.03. The number of hydrogen-bond acceptors (Lipinski definition) is 1. The molecule has 0 aliphatic rings. The fraction of sp³-hybridized carbons (Fsp3) is 0. The predicted octanol–water partition coefficient (Wildman–Crippen LogP) is -0.962. The summed E-state index contributed by atoms with van der Waals surface area (Å²) in [6.45, 7) is 0. The van der Waals surface area contributed by atoms with E-state index in [4.69, 9.17) is 9.79 Å². The molecule has 0 fully saturated rings. The van der Waals surface area contributed by atoms with E-state index in [9.17, 15) is 4.57 Å². The Labute approximate surface area is 81.6 Å². The molecule has 11 heavy (non-hydrogen) atoms. The van der Waals surface area contributed by atoms with Gasteiger partial charge in [-0.15, -0.1) is 0 Å². The molecular formula is C6H11O3PSn. The molecule has 0 aliphatic carbocycles. The molecule has 3 nitrogen and oxygen atoms in total. The molecule has 1 aromatic carbocycles. The zero-order chi connectivity index (χ0) is 7.61. The number of rotatable bonds is 1. The molecule has 0 aromatic heterocycles. The van der Waals surface area contributed by atoms with Crippen LogP contribution in [0.1, 0.15) is 0 Å². The normalized spacial score (nSPS) is 10.4. The Hall–Kier alpha value is 0.169. The van der Waals surface area contributed by atoms with Gasteiger partial charge in [0.05, 0.1) is 5.30 Å². The van der Waals surface area contributed by atoms with Crippen molar-refractivity contribution in [1.29, 1.82) is 0 Å². The Morgan fingerprint density at radius 1 is 1.09 bits per heavy atom. The molecule has 0 heterocycles. The minimum absolute atomic E-state index is 0. The van der Waals surface area contributed by atoms with Crippen LogP contribution >= 0.6 is 7.60 Å². The van der Waals surface area contributed by atoms with E-state index < -0.39 is 7.60 Å². The molecule has 0 amide bonds. The molecule has 0 spiro atoms. The molecule has 5 heteroatoms. The Morgan fingerprint density at radius 2 is 1.55 bits per heavy atom. The van der Waals surface area contributed by atoms with Crippen molar-refractivity contribution < 1.29 is 14.4 Å². The van der Waals surface area contributed by atoms with E-state index in [0.717, 1.165) is 0 Å². The van der Waals surface area contributed by atoms with Crippen LogP contribution < -0.4 is 5.30 Å². The van der Waals surface area contributed by atoms with E-state index in [1.165, 1.54) is 12.1 Å². The van der Waals surface area contributed by atoms with Crippen LogP contribution in [0, 0.1) is 0 Å². The number of benzene rings is 1. The minimum atomic E-state index is -4.02. The van der Waals surface area contributed by atoms with Crippen molar-refractivity contribution in [3.8, 4) is 0 Å². The first-order chi connectivity index (χ1) is 4.61. The Kier molecular flexibility index (Phi) is 4.32. The van der Waals surface area contributed by atoms with Crippen molar-refractivity contribution in [2.75, 3.05) is 0 Å². The Morgan fingerprint density at radius 3 is 1.82 bits per heavy atom. The second-order valence-electron chi connectivity index (χ2n) is 1.88. The van der Waals surface area contributed by atoms with E-state index in [2.05, 4.69) is 0 Å². The quantitative estimate of drug-likeness (QED) is 0.515. The van der Waals surface area contributed by atoms with E-state index in [-0.39, 0.29) is 29.2 Å². The summed E-state index contributed by atoms with van der Waals surface area (Å²) in [6.07, 6.45) is 0. The van der Waals surface area contributed by atoms with E-state index in [0.29, 0.717) is 0 Å². The molecule has 0 radical (unpaired) electrons. The first-order valence-electron chi connectivity index (χ1n) is 2.72. The topological polar surface area (TPSA) is 57.5 Å². The summed E-state index contributed by atoms with van der Waals surface area (Å²) in [7, 11) is -4.02. The van der Waals surface area contributed by atoms with Crippen molar-refractivity contribution in [3.63, 3.8) is 0 Å². The molecule has 62 valence electrons. The SMILES string of the molecule is O=P(O)(O)c1ccccc1.[SnH4]. The van der Waals surface area contributed by atoms with Gasteiger partial charge in [-0.05, 0) is 12.1 Å². The van der Waals surface area contributed by atoms with Crippen LogP contribution in [0.15, 0.2) is 30.3 Å². The van der Waals surface area contributed by atoms with Crippen LogP contribution in [0.2, 0.25) is 0 Å². The zero-order valence-electron chi connectivity index (χ0n) is 5.14. The van der Waals surface area contributed by atoms with Crippen molar-refractivity contribution in [2.24, 2.45) is 0 Å². The molecule has 0 atom stereocenters. The molecule has 0 bridgehead atoms. The summed E-state index contributed by atoms with van der Waals surface area (Å²) >= 11 is 0. The molecule has 1 rings (SSSR count). The van der Waals surface area contributed by atoms with E-state index >= 15 is 0 Å². The predicted molar refractivity (Wildman–Crippen MR) is 49.5 cm³/mol. The first-order valence-corrected chi connectivity index (χ1v) is 4.33. The molecule has 0 saturated heterocycles. The third-order valence-electron chi connectivity index (χ3n) is 1.09. The summed E-state index contributed by atoms with van der Waals surface area (Å²) in [4.78, 5) is 17.2.